The Hall–Kier alpha value is -3.71. The van der Waals surface area contributed by atoms with Gasteiger partial charge in [-0.1, -0.05) is 36.4 Å². The van der Waals surface area contributed by atoms with E-state index in [-0.39, 0.29) is 25.0 Å². The van der Waals surface area contributed by atoms with Crippen molar-refractivity contribution >= 4 is 11.8 Å². The number of aromatic nitrogens is 1. The molecule has 7 heteroatoms. The van der Waals surface area contributed by atoms with Gasteiger partial charge in [-0.3, -0.25) is 14.6 Å². The zero-order valence-electron chi connectivity index (χ0n) is 18.8. The molecule has 0 aliphatic carbocycles. The average Bonchev–Trinajstić information content (AvgIpc) is 2.88. The van der Waals surface area contributed by atoms with Gasteiger partial charge in [-0.15, -0.1) is 0 Å². The van der Waals surface area contributed by atoms with E-state index in [0.717, 1.165) is 16.7 Å². The minimum absolute atomic E-state index is 0.153. The largest absolute Gasteiger partial charge is 0.497 e. The lowest BCUT2D eigenvalue weighted by molar-refractivity contribution is -0.156. The van der Waals surface area contributed by atoms with Crippen LogP contribution in [0.1, 0.15) is 15.9 Å². The predicted molar refractivity (Wildman–Crippen MR) is 125 cm³/mol. The zero-order valence-corrected chi connectivity index (χ0v) is 18.8. The Morgan fingerprint density at radius 2 is 1.94 bits per heavy atom. The van der Waals surface area contributed by atoms with Crippen LogP contribution in [0, 0.1) is 0 Å². The predicted octanol–water partition coefficient (Wildman–Crippen LogP) is 2.96. The van der Waals surface area contributed by atoms with Crippen LogP contribution in [-0.2, 0) is 16.0 Å². The quantitative estimate of drug-likeness (QED) is 0.631. The molecule has 2 aromatic carbocycles. The lowest BCUT2D eigenvalue weighted by Crippen LogP contribution is -2.61. The summed E-state index contributed by atoms with van der Waals surface area (Å²) in [6.45, 7) is 0.829. The first kappa shape index (κ1) is 22.5. The Morgan fingerprint density at radius 3 is 2.70 bits per heavy atom. The van der Waals surface area contributed by atoms with Gasteiger partial charge in [0.15, 0.2) is 5.60 Å². The summed E-state index contributed by atoms with van der Waals surface area (Å²) in [5.74, 6) is 0.200. The van der Waals surface area contributed by atoms with E-state index in [2.05, 4.69) is 10.3 Å². The number of morpholine rings is 1. The highest BCUT2D eigenvalue weighted by atomic mass is 16.5. The van der Waals surface area contributed by atoms with Gasteiger partial charge in [0, 0.05) is 38.0 Å². The maximum Gasteiger partial charge on any atom is 0.254 e. The molecular formula is C26H27N3O4. The molecule has 4 rings (SSSR count). The number of likely N-dealkylation sites (N-methyl/N-ethyl adjacent to an activating group) is 1. The number of amides is 2. The molecule has 1 saturated heterocycles. The summed E-state index contributed by atoms with van der Waals surface area (Å²) in [6.07, 6.45) is 3.87. The number of hydrogen-bond acceptors (Lipinski definition) is 5. The molecule has 2 amide bonds. The third-order valence-corrected chi connectivity index (χ3v) is 5.84. The summed E-state index contributed by atoms with van der Waals surface area (Å²) >= 11 is 0. The monoisotopic (exact) mass is 445 g/mol. The van der Waals surface area contributed by atoms with Crippen LogP contribution in [0.25, 0.3) is 11.1 Å². The average molecular weight is 446 g/mol. The summed E-state index contributed by atoms with van der Waals surface area (Å²) in [4.78, 5) is 32.2. The fraction of sp³-hybridized carbons (Fsp3) is 0.269. The maximum atomic E-state index is 13.2. The number of ether oxygens (including phenoxy) is 2. The van der Waals surface area contributed by atoms with Gasteiger partial charge in [-0.2, -0.15) is 0 Å². The van der Waals surface area contributed by atoms with Crippen molar-refractivity contribution in [2.45, 2.75) is 12.0 Å². The van der Waals surface area contributed by atoms with Gasteiger partial charge in [0.2, 0.25) is 0 Å². The van der Waals surface area contributed by atoms with Crippen LogP contribution in [0.4, 0.5) is 0 Å². The molecule has 1 aliphatic heterocycles. The fourth-order valence-electron chi connectivity index (χ4n) is 4.17. The van der Waals surface area contributed by atoms with Crippen molar-refractivity contribution < 1.29 is 19.1 Å². The van der Waals surface area contributed by atoms with Crippen molar-refractivity contribution in [3.05, 3.63) is 84.2 Å². The standard InChI is InChI=1S/C26H27N3O4/c1-27-25(31)26(16-19-6-3-7-20(14-19)22-9-5-11-28-17-22)18-29(12-13-33-26)24(30)21-8-4-10-23(15-21)32-2/h3-11,14-15,17H,12-13,16,18H2,1-2H3,(H,27,31)/t26-/m0/s1. The molecule has 1 fully saturated rings. The number of nitrogens with zero attached hydrogens (tertiary/aromatic N) is 2. The highest BCUT2D eigenvalue weighted by Gasteiger charge is 2.44. The highest BCUT2D eigenvalue weighted by Crippen LogP contribution is 2.28. The van der Waals surface area contributed by atoms with E-state index < -0.39 is 5.60 Å². The smallest absolute Gasteiger partial charge is 0.254 e. The van der Waals surface area contributed by atoms with E-state index in [4.69, 9.17) is 9.47 Å². The number of carbonyl (C=O) groups excluding carboxylic acids is 2. The second-order valence-corrected chi connectivity index (χ2v) is 8.00. The van der Waals surface area contributed by atoms with Crippen molar-refractivity contribution in [3.8, 4) is 16.9 Å². The lowest BCUT2D eigenvalue weighted by Gasteiger charge is -2.41. The van der Waals surface area contributed by atoms with Gasteiger partial charge < -0.3 is 19.7 Å². The SMILES string of the molecule is CNC(=O)[C@]1(Cc2cccc(-c3cccnc3)c2)CN(C(=O)c2cccc(OC)c2)CCO1. The first-order valence-electron chi connectivity index (χ1n) is 10.8. The molecule has 1 N–H and O–H groups in total. The molecule has 1 aromatic heterocycles. The molecule has 33 heavy (non-hydrogen) atoms. The molecule has 0 saturated carbocycles. The van der Waals surface area contributed by atoms with Crippen LogP contribution in [0.15, 0.2) is 73.1 Å². The van der Waals surface area contributed by atoms with E-state index in [9.17, 15) is 9.59 Å². The van der Waals surface area contributed by atoms with E-state index in [0.29, 0.717) is 24.3 Å². The van der Waals surface area contributed by atoms with Gasteiger partial charge in [0.1, 0.15) is 5.75 Å². The number of carbonyl (C=O) groups is 2. The Morgan fingerprint density at radius 1 is 1.12 bits per heavy atom. The summed E-state index contributed by atoms with van der Waals surface area (Å²) in [7, 11) is 3.15. The second-order valence-electron chi connectivity index (χ2n) is 8.00. The Balaban J connectivity index is 1.61. The molecule has 0 radical (unpaired) electrons. The topological polar surface area (TPSA) is 80.8 Å². The Labute approximate surface area is 193 Å². The summed E-state index contributed by atoms with van der Waals surface area (Å²) in [5.41, 5.74) is 2.27. The number of methoxy groups -OCH3 is 1. The van der Waals surface area contributed by atoms with E-state index in [1.54, 1.807) is 55.7 Å². The van der Waals surface area contributed by atoms with E-state index in [1.165, 1.54) is 0 Å². The molecule has 3 aromatic rings. The van der Waals surface area contributed by atoms with Gasteiger partial charge in [-0.25, -0.2) is 0 Å². The van der Waals surface area contributed by atoms with Gasteiger partial charge in [-0.05, 0) is 41.0 Å². The second kappa shape index (κ2) is 9.83. The molecule has 170 valence electrons. The first-order valence-corrected chi connectivity index (χ1v) is 10.8. The van der Waals surface area contributed by atoms with Crippen molar-refractivity contribution in [1.82, 2.24) is 15.2 Å². The minimum Gasteiger partial charge on any atom is -0.497 e. The molecular weight excluding hydrogens is 418 g/mol. The van der Waals surface area contributed by atoms with Gasteiger partial charge in [0.25, 0.3) is 11.8 Å². The van der Waals surface area contributed by atoms with Crippen LogP contribution in [0.2, 0.25) is 0 Å². The molecule has 1 atom stereocenters. The molecule has 0 unspecified atom stereocenters. The lowest BCUT2D eigenvalue weighted by atomic mass is 9.89. The van der Waals surface area contributed by atoms with Crippen molar-refractivity contribution in [3.63, 3.8) is 0 Å². The third kappa shape index (κ3) is 4.88. The maximum absolute atomic E-state index is 13.2. The number of nitrogens with one attached hydrogen (secondary N) is 1. The van der Waals surface area contributed by atoms with Crippen LogP contribution >= 0.6 is 0 Å². The highest BCUT2D eigenvalue weighted by molar-refractivity contribution is 5.95. The Kier molecular flexibility index (Phi) is 6.70. The Bertz CT molecular complexity index is 1140. The van der Waals surface area contributed by atoms with E-state index >= 15 is 0 Å². The summed E-state index contributed by atoms with van der Waals surface area (Å²) in [5, 5.41) is 2.73. The normalized spacial score (nSPS) is 17.9. The molecule has 0 bridgehead atoms. The first-order chi connectivity index (χ1) is 16.0. The molecule has 2 heterocycles. The van der Waals surface area contributed by atoms with Crippen LogP contribution in [0.3, 0.4) is 0 Å². The van der Waals surface area contributed by atoms with Crippen LogP contribution < -0.4 is 10.1 Å². The van der Waals surface area contributed by atoms with Crippen LogP contribution in [0.5, 0.6) is 5.75 Å². The number of hydrogen-bond donors (Lipinski definition) is 1. The molecule has 7 nitrogen and oxygen atoms in total. The van der Waals surface area contributed by atoms with Crippen molar-refractivity contribution in [1.29, 1.82) is 0 Å². The number of benzene rings is 2. The minimum atomic E-state index is -1.19. The number of rotatable bonds is 6. The van der Waals surface area contributed by atoms with Crippen LogP contribution in [-0.4, -0.2) is 61.2 Å². The summed E-state index contributed by atoms with van der Waals surface area (Å²) in [6, 6.07) is 18.9. The van der Waals surface area contributed by atoms with E-state index in [1.807, 2.05) is 36.4 Å². The zero-order chi connectivity index (χ0) is 23.3. The van der Waals surface area contributed by atoms with Gasteiger partial charge in [0.05, 0.1) is 20.3 Å². The third-order valence-electron chi connectivity index (χ3n) is 5.84. The number of pyridine rings is 1. The fourth-order valence-corrected chi connectivity index (χ4v) is 4.17. The van der Waals surface area contributed by atoms with Crippen molar-refractivity contribution in [2.75, 3.05) is 33.9 Å². The molecule has 1 aliphatic rings. The summed E-state index contributed by atoms with van der Waals surface area (Å²) < 4.78 is 11.3. The van der Waals surface area contributed by atoms with Crippen molar-refractivity contribution in [2.24, 2.45) is 0 Å². The molecule has 0 spiro atoms. The van der Waals surface area contributed by atoms with Gasteiger partial charge >= 0.3 is 0 Å².